The molecule has 0 saturated heterocycles. The molecule has 0 atom stereocenters. The molecule has 0 amide bonds. The van der Waals surface area contributed by atoms with Crippen LogP contribution in [-0.2, 0) is 6.54 Å². The molecule has 0 aliphatic rings. The number of nitrogens with zero attached hydrogens (tertiary/aromatic N) is 4. The van der Waals surface area contributed by atoms with Crippen molar-refractivity contribution in [2.45, 2.75) is 6.54 Å². The van der Waals surface area contributed by atoms with Gasteiger partial charge in [-0.1, -0.05) is 11.6 Å². The quantitative estimate of drug-likeness (QED) is 0.848. The molecule has 2 rings (SSSR count). The van der Waals surface area contributed by atoms with Crippen LogP contribution in [0.5, 0.6) is 0 Å². The lowest BCUT2D eigenvalue weighted by molar-refractivity contribution is 0.0690. The second kappa shape index (κ2) is 6.55. The minimum Gasteiger partial charge on any atom is -0.476 e. The third kappa shape index (κ3) is 4.17. The van der Waals surface area contributed by atoms with Gasteiger partial charge < -0.3 is 15.3 Å². The van der Waals surface area contributed by atoms with E-state index in [9.17, 15) is 9.90 Å². The van der Waals surface area contributed by atoms with Gasteiger partial charge >= 0.3 is 5.97 Å². The third-order valence-electron chi connectivity index (χ3n) is 2.71. The van der Waals surface area contributed by atoms with E-state index >= 15 is 0 Å². The van der Waals surface area contributed by atoms with Crippen LogP contribution in [-0.4, -0.2) is 51.6 Å². The summed E-state index contributed by atoms with van der Waals surface area (Å²) in [6.45, 7) is 1.23. The van der Waals surface area contributed by atoms with E-state index in [1.807, 2.05) is 19.0 Å². The monoisotopic (exact) mass is 309 g/mol. The topological polar surface area (TPSA) is 83.3 Å². The predicted octanol–water partition coefficient (Wildman–Crippen LogP) is 1.93. The largest absolute Gasteiger partial charge is 0.476 e. The molecule has 0 aliphatic carbocycles. The number of carboxylic acid groups (broad SMARTS) is 1. The Labute approximate surface area is 127 Å². The zero-order valence-electron chi connectivity index (χ0n) is 11.7. The molecular weight excluding hydrogens is 294 g/mol. The highest BCUT2D eigenvalue weighted by Crippen LogP contribution is 2.19. The first-order chi connectivity index (χ1) is 9.95. The summed E-state index contributed by atoms with van der Waals surface area (Å²) in [6, 6.07) is 6.90. The lowest BCUT2D eigenvalue weighted by atomic mass is 10.3. The number of benzene rings is 1. The van der Waals surface area contributed by atoms with Gasteiger partial charge in [0, 0.05) is 17.3 Å². The Morgan fingerprint density at radius 2 is 2.00 bits per heavy atom. The molecule has 21 heavy (non-hydrogen) atoms. The average Bonchev–Trinajstić information content (AvgIpc) is 2.82. The normalized spacial score (nSPS) is 10.9. The van der Waals surface area contributed by atoms with Gasteiger partial charge in [0.15, 0.2) is 5.82 Å². The minimum absolute atomic E-state index is 0.108. The van der Waals surface area contributed by atoms with Crippen LogP contribution >= 0.6 is 11.6 Å². The molecule has 112 valence electrons. The molecule has 1 aromatic heterocycles. The number of carboxylic acids is 1. The Morgan fingerprint density at radius 1 is 1.33 bits per heavy atom. The summed E-state index contributed by atoms with van der Waals surface area (Å²) in [4.78, 5) is 14.6. The van der Waals surface area contributed by atoms with E-state index in [0.29, 0.717) is 23.8 Å². The number of rotatable bonds is 6. The molecule has 0 unspecified atom stereocenters. The Kier molecular flexibility index (Phi) is 4.77. The highest BCUT2D eigenvalue weighted by molar-refractivity contribution is 6.30. The number of halogens is 1. The lowest BCUT2D eigenvalue weighted by Gasteiger charge is -2.07. The first-order valence-corrected chi connectivity index (χ1v) is 6.69. The molecule has 1 heterocycles. The summed E-state index contributed by atoms with van der Waals surface area (Å²) in [7, 11) is 3.85. The van der Waals surface area contributed by atoms with Crippen molar-refractivity contribution in [3.05, 3.63) is 35.0 Å². The van der Waals surface area contributed by atoms with Gasteiger partial charge in [-0.25, -0.2) is 4.79 Å². The Hall–Kier alpha value is -2.12. The SMILES string of the molecule is CN(C)CCn1nc(Nc2ccc(Cl)cc2)c(C(=O)O)n1. The molecule has 0 spiro atoms. The van der Waals surface area contributed by atoms with Crippen molar-refractivity contribution in [1.82, 2.24) is 19.9 Å². The first-order valence-electron chi connectivity index (χ1n) is 6.31. The highest BCUT2D eigenvalue weighted by atomic mass is 35.5. The van der Waals surface area contributed by atoms with Crippen molar-refractivity contribution in [1.29, 1.82) is 0 Å². The fourth-order valence-electron chi connectivity index (χ4n) is 1.64. The molecule has 2 aromatic rings. The zero-order chi connectivity index (χ0) is 15.4. The molecule has 1 aromatic carbocycles. The molecule has 2 N–H and O–H groups in total. The fraction of sp³-hybridized carbons (Fsp3) is 0.308. The van der Waals surface area contributed by atoms with Gasteiger partial charge in [-0.3, -0.25) is 0 Å². The Morgan fingerprint density at radius 3 is 2.57 bits per heavy atom. The Bertz CT molecular complexity index is 624. The van der Waals surface area contributed by atoms with Crippen LogP contribution in [0.1, 0.15) is 10.5 Å². The highest BCUT2D eigenvalue weighted by Gasteiger charge is 2.18. The predicted molar refractivity (Wildman–Crippen MR) is 80.3 cm³/mol. The summed E-state index contributed by atoms with van der Waals surface area (Å²) in [5.41, 5.74) is 0.588. The van der Waals surface area contributed by atoms with Crippen molar-refractivity contribution in [3.8, 4) is 0 Å². The van der Waals surface area contributed by atoms with Crippen LogP contribution in [0.25, 0.3) is 0 Å². The van der Waals surface area contributed by atoms with Crippen molar-refractivity contribution in [3.63, 3.8) is 0 Å². The second-order valence-electron chi connectivity index (χ2n) is 4.73. The van der Waals surface area contributed by atoms with Gasteiger partial charge in [0.1, 0.15) is 0 Å². The average molecular weight is 310 g/mol. The van der Waals surface area contributed by atoms with Crippen LogP contribution in [0.15, 0.2) is 24.3 Å². The van der Waals surface area contributed by atoms with Crippen LogP contribution < -0.4 is 5.32 Å². The number of anilines is 2. The molecule has 8 heteroatoms. The number of aromatic carboxylic acids is 1. The van der Waals surface area contributed by atoms with Crippen molar-refractivity contribution < 1.29 is 9.90 Å². The smallest absolute Gasteiger partial charge is 0.360 e. The molecular formula is C13H16ClN5O2. The molecule has 0 radical (unpaired) electrons. The van der Waals surface area contributed by atoms with E-state index in [-0.39, 0.29) is 11.5 Å². The van der Waals surface area contributed by atoms with Crippen molar-refractivity contribution in [2.24, 2.45) is 0 Å². The molecule has 0 bridgehead atoms. The molecule has 0 aliphatic heterocycles. The fourth-order valence-corrected chi connectivity index (χ4v) is 1.76. The number of aromatic nitrogens is 3. The van der Waals surface area contributed by atoms with Gasteiger partial charge in [0.05, 0.1) is 6.54 Å². The maximum Gasteiger partial charge on any atom is 0.360 e. The minimum atomic E-state index is -1.12. The molecule has 0 saturated carbocycles. The van der Waals surface area contributed by atoms with Crippen LogP contribution in [0.2, 0.25) is 5.02 Å². The van der Waals surface area contributed by atoms with E-state index < -0.39 is 5.97 Å². The number of hydrogen-bond donors (Lipinski definition) is 2. The van der Waals surface area contributed by atoms with Gasteiger partial charge in [0.25, 0.3) is 0 Å². The number of hydrogen-bond acceptors (Lipinski definition) is 5. The van der Waals surface area contributed by atoms with E-state index in [4.69, 9.17) is 11.6 Å². The number of likely N-dealkylation sites (N-methyl/N-ethyl adjacent to an activating group) is 1. The summed E-state index contributed by atoms with van der Waals surface area (Å²) >= 11 is 5.81. The molecule has 7 nitrogen and oxygen atoms in total. The molecule has 0 fully saturated rings. The van der Waals surface area contributed by atoms with Gasteiger partial charge in [0.2, 0.25) is 5.69 Å². The van der Waals surface area contributed by atoms with Gasteiger partial charge in [-0.15, -0.1) is 10.2 Å². The summed E-state index contributed by atoms with van der Waals surface area (Å²) in [6.07, 6.45) is 0. The van der Waals surface area contributed by atoms with Crippen molar-refractivity contribution in [2.75, 3.05) is 26.0 Å². The van der Waals surface area contributed by atoms with E-state index in [2.05, 4.69) is 15.5 Å². The van der Waals surface area contributed by atoms with Crippen LogP contribution in [0, 0.1) is 0 Å². The third-order valence-corrected chi connectivity index (χ3v) is 2.96. The van der Waals surface area contributed by atoms with E-state index in [1.54, 1.807) is 24.3 Å². The van der Waals surface area contributed by atoms with Gasteiger partial charge in [-0.05, 0) is 38.4 Å². The Balaban J connectivity index is 2.20. The summed E-state index contributed by atoms with van der Waals surface area (Å²) < 4.78 is 0. The zero-order valence-corrected chi connectivity index (χ0v) is 12.5. The van der Waals surface area contributed by atoms with Crippen LogP contribution in [0.4, 0.5) is 11.5 Å². The maximum absolute atomic E-state index is 11.2. The number of nitrogens with one attached hydrogen (secondary N) is 1. The van der Waals surface area contributed by atoms with E-state index in [0.717, 1.165) is 0 Å². The summed E-state index contributed by atoms with van der Waals surface area (Å²) in [5, 5.41) is 20.9. The lowest BCUT2D eigenvalue weighted by Crippen LogP contribution is -2.20. The second-order valence-corrected chi connectivity index (χ2v) is 5.17. The maximum atomic E-state index is 11.2. The van der Waals surface area contributed by atoms with Crippen LogP contribution in [0.3, 0.4) is 0 Å². The van der Waals surface area contributed by atoms with Crippen molar-refractivity contribution >= 4 is 29.1 Å². The van der Waals surface area contributed by atoms with E-state index in [1.165, 1.54) is 4.80 Å². The first kappa shape index (κ1) is 15.3. The summed E-state index contributed by atoms with van der Waals surface area (Å²) in [5.74, 6) is -0.911. The standard InChI is InChI=1S/C13H16ClN5O2/c1-18(2)7-8-19-16-11(13(20)21)12(17-19)15-10-5-3-9(14)4-6-10/h3-6H,7-8H2,1-2H3,(H,15,17)(H,20,21). The van der Waals surface area contributed by atoms with Gasteiger partial charge in [-0.2, -0.15) is 4.80 Å². The number of carbonyl (C=O) groups is 1.